The van der Waals surface area contributed by atoms with Crippen molar-refractivity contribution in [2.75, 3.05) is 16.6 Å². The van der Waals surface area contributed by atoms with Crippen LogP contribution in [0.15, 0.2) is 71.6 Å². The zero-order valence-electron chi connectivity index (χ0n) is 15.9. The van der Waals surface area contributed by atoms with E-state index < -0.39 is 21.7 Å². The first kappa shape index (κ1) is 21.6. The Labute approximate surface area is 178 Å². The lowest BCUT2D eigenvalue weighted by atomic mass is 10.2. The van der Waals surface area contributed by atoms with Gasteiger partial charge < -0.3 is 10.1 Å². The van der Waals surface area contributed by atoms with Crippen LogP contribution in [0.25, 0.3) is 0 Å². The molecule has 9 heteroatoms. The fourth-order valence-corrected chi connectivity index (χ4v) is 3.87. The van der Waals surface area contributed by atoms with Crippen molar-refractivity contribution in [1.29, 1.82) is 0 Å². The minimum atomic E-state index is -4.04. The second kappa shape index (κ2) is 9.15. The van der Waals surface area contributed by atoms with Gasteiger partial charge in [0.2, 0.25) is 0 Å². The van der Waals surface area contributed by atoms with Crippen LogP contribution in [0.5, 0.6) is 5.75 Å². The lowest BCUT2D eigenvalue weighted by molar-refractivity contribution is 0.102. The van der Waals surface area contributed by atoms with Gasteiger partial charge in [-0.1, -0.05) is 29.8 Å². The second-order valence-corrected chi connectivity index (χ2v) is 8.24. The van der Waals surface area contributed by atoms with Gasteiger partial charge in [-0.05, 0) is 55.5 Å². The normalized spacial score (nSPS) is 11.0. The van der Waals surface area contributed by atoms with Crippen LogP contribution in [0.2, 0.25) is 5.02 Å². The fraction of sp³-hybridized carbons (Fsp3) is 0.0952. The molecule has 0 spiro atoms. The highest BCUT2D eigenvalue weighted by Crippen LogP contribution is 2.30. The van der Waals surface area contributed by atoms with Crippen molar-refractivity contribution in [2.24, 2.45) is 0 Å². The summed E-state index contributed by atoms with van der Waals surface area (Å²) in [5.41, 5.74) is 0.711. The SMILES string of the molecule is CCOc1ccc(S(=O)(=O)Nc2ccc(F)c(Cl)c2)cc1NC(=O)c1ccccc1. The third-order valence-corrected chi connectivity index (χ3v) is 5.69. The van der Waals surface area contributed by atoms with E-state index >= 15 is 0 Å². The van der Waals surface area contributed by atoms with Crippen LogP contribution in [-0.2, 0) is 10.0 Å². The Balaban J connectivity index is 1.92. The summed E-state index contributed by atoms with van der Waals surface area (Å²) in [6.45, 7) is 2.10. The highest BCUT2D eigenvalue weighted by Gasteiger charge is 2.19. The molecule has 0 aliphatic heterocycles. The molecule has 0 aliphatic rings. The first-order valence-electron chi connectivity index (χ1n) is 8.91. The van der Waals surface area contributed by atoms with Gasteiger partial charge in [0.05, 0.1) is 27.9 Å². The minimum absolute atomic E-state index is 0.102. The Kier molecular flexibility index (Phi) is 6.59. The zero-order chi connectivity index (χ0) is 21.7. The van der Waals surface area contributed by atoms with Crippen LogP contribution in [0.3, 0.4) is 0 Å². The second-order valence-electron chi connectivity index (χ2n) is 6.15. The van der Waals surface area contributed by atoms with Crippen LogP contribution >= 0.6 is 11.6 Å². The summed E-state index contributed by atoms with van der Waals surface area (Å²) in [4.78, 5) is 12.4. The predicted octanol–water partition coefficient (Wildman–Crippen LogP) is 4.93. The van der Waals surface area contributed by atoms with Crippen molar-refractivity contribution in [3.8, 4) is 5.75 Å². The standard InChI is InChI=1S/C21H18ClFN2O4S/c1-2-29-20-11-9-16(13-19(20)24-21(26)14-6-4-3-5-7-14)30(27,28)25-15-8-10-18(23)17(22)12-15/h3-13,25H,2H2,1H3,(H,24,26). The molecule has 30 heavy (non-hydrogen) atoms. The Morgan fingerprint density at radius 3 is 2.47 bits per heavy atom. The first-order valence-corrected chi connectivity index (χ1v) is 10.8. The van der Waals surface area contributed by atoms with Crippen LogP contribution in [0.1, 0.15) is 17.3 Å². The number of carbonyl (C=O) groups excluding carboxylic acids is 1. The van der Waals surface area contributed by atoms with E-state index in [0.717, 1.165) is 6.07 Å². The maximum absolute atomic E-state index is 13.3. The molecule has 3 aromatic rings. The molecular weight excluding hydrogens is 431 g/mol. The monoisotopic (exact) mass is 448 g/mol. The van der Waals surface area contributed by atoms with Gasteiger partial charge in [-0.25, -0.2) is 12.8 Å². The summed E-state index contributed by atoms with van der Waals surface area (Å²) < 4.78 is 46.7. The maximum Gasteiger partial charge on any atom is 0.261 e. The topological polar surface area (TPSA) is 84.5 Å². The molecule has 6 nitrogen and oxygen atoms in total. The predicted molar refractivity (Wildman–Crippen MR) is 114 cm³/mol. The third-order valence-electron chi connectivity index (χ3n) is 4.02. The average molecular weight is 449 g/mol. The molecule has 0 aromatic heterocycles. The molecule has 0 unspecified atom stereocenters. The van der Waals surface area contributed by atoms with Crippen molar-refractivity contribution in [3.05, 3.63) is 83.1 Å². The molecular formula is C21H18ClFN2O4S. The van der Waals surface area contributed by atoms with Gasteiger partial charge in [0.1, 0.15) is 11.6 Å². The molecule has 0 atom stereocenters. The van der Waals surface area contributed by atoms with Crippen LogP contribution in [0.4, 0.5) is 15.8 Å². The third kappa shape index (κ3) is 5.08. The van der Waals surface area contributed by atoms with E-state index in [4.69, 9.17) is 16.3 Å². The van der Waals surface area contributed by atoms with Crippen LogP contribution in [0, 0.1) is 5.82 Å². The molecule has 0 bridgehead atoms. The zero-order valence-corrected chi connectivity index (χ0v) is 17.4. The van der Waals surface area contributed by atoms with E-state index in [-0.39, 0.29) is 21.3 Å². The lowest BCUT2D eigenvalue weighted by Crippen LogP contribution is -2.16. The van der Waals surface area contributed by atoms with E-state index in [1.54, 1.807) is 37.3 Å². The van der Waals surface area contributed by atoms with Gasteiger partial charge in [0.15, 0.2) is 0 Å². The molecule has 0 radical (unpaired) electrons. The molecule has 0 fully saturated rings. The van der Waals surface area contributed by atoms with E-state index in [1.807, 2.05) is 0 Å². The Morgan fingerprint density at radius 2 is 1.80 bits per heavy atom. The summed E-state index contributed by atoms with van der Waals surface area (Å²) in [5, 5.41) is 2.47. The number of benzene rings is 3. The molecule has 1 amide bonds. The Bertz CT molecular complexity index is 1170. The highest BCUT2D eigenvalue weighted by molar-refractivity contribution is 7.92. The summed E-state index contributed by atoms with van der Waals surface area (Å²) >= 11 is 5.71. The number of hydrogen-bond donors (Lipinski definition) is 2. The van der Waals surface area contributed by atoms with E-state index in [2.05, 4.69) is 10.0 Å². The smallest absolute Gasteiger partial charge is 0.261 e. The van der Waals surface area contributed by atoms with Crippen molar-refractivity contribution < 1.29 is 22.3 Å². The van der Waals surface area contributed by atoms with Gasteiger partial charge in [0.25, 0.3) is 15.9 Å². The molecule has 3 aromatic carbocycles. The Hall–Kier alpha value is -3.10. The van der Waals surface area contributed by atoms with Gasteiger partial charge >= 0.3 is 0 Å². The molecule has 0 aliphatic carbocycles. The van der Waals surface area contributed by atoms with Gasteiger partial charge in [-0.2, -0.15) is 0 Å². The summed E-state index contributed by atoms with van der Waals surface area (Å²) in [5.74, 6) is -0.749. The summed E-state index contributed by atoms with van der Waals surface area (Å²) in [6, 6.07) is 16.1. The number of sulfonamides is 1. The molecule has 2 N–H and O–H groups in total. The fourth-order valence-electron chi connectivity index (χ4n) is 2.61. The summed E-state index contributed by atoms with van der Waals surface area (Å²) in [7, 11) is -4.04. The highest BCUT2D eigenvalue weighted by atomic mass is 35.5. The van der Waals surface area contributed by atoms with Gasteiger partial charge in [-0.15, -0.1) is 0 Å². The number of carbonyl (C=O) groups is 1. The summed E-state index contributed by atoms with van der Waals surface area (Å²) in [6.07, 6.45) is 0. The van der Waals surface area contributed by atoms with Crippen molar-refractivity contribution in [2.45, 2.75) is 11.8 Å². The van der Waals surface area contributed by atoms with Crippen LogP contribution < -0.4 is 14.8 Å². The van der Waals surface area contributed by atoms with E-state index in [9.17, 15) is 17.6 Å². The molecule has 0 saturated carbocycles. The number of nitrogens with one attached hydrogen (secondary N) is 2. The minimum Gasteiger partial charge on any atom is -0.492 e. The largest absolute Gasteiger partial charge is 0.492 e. The number of hydrogen-bond acceptors (Lipinski definition) is 4. The van der Waals surface area contributed by atoms with E-state index in [1.165, 1.54) is 30.3 Å². The number of ether oxygens (including phenoxy) is 1. The molecule has 156 valence electrons. The number of rotatable bonds is 7. The Morgan fingerprint density at radius 1 is 1.07 bits per heavy atom. The van der Waals surface area contributed by atoms with Gasteiger partial charge in [-0.3, -0.25) is 9.52 Å². The molecule has 0 saturated heterocycles. The average Bonchev–Trinajstić information content (AvgIpc) is 2.72. The van der Waals surface area contributed by atoms with E-state index in [0.29, 0.717) is 17.9 Å². The van der Waals surface area contributed by atoms with Crippen molar-refractivity contribution in [1.82, 2.24) is 0 Å². The number of amides is 1. The van der Waals surface area contributed by atoms with Crippen molar-refractivity contribution >= 4 is 38.9 Å². The van der Waals surface area contributed by atoms with Crippen LogP contribution in [-0.4, -0.2) is 20.9 Å². The molecule has 3 rings (SSSR count). The quantitative estimate of drug-likeness (QED) is 0.536. The molecule has 0 heterocycles. The van der Waals surface area contributed by atoms with Crippen molar-refractivity contribution in [3.63, 3.8) is 0 Å². The first-order chi connectivity index (χ1) is 14.3. The maximum atomic E-state index is 13.3. The number of halogens is 2. The van der Waals surface area contributed by atoms with Gasteiger partial charge in [0, 0.05) is 5.56 Å². The number of anilines is 2. The lowest BCUT2D eigenvalue weighted by Gasteiger charge is -2.14.